The first-order valence-corrected chi connectivity index (χ1v) is 8.25. The van der Waals surface area contributed by atoms with E-state index in [4.69, 9.17) is 5.73 Å². The SMILES string of the molecule is C[C@](C#N)(NC(=O)CN1Cc2ccccc2C[C@@H]1C(N)=O)C1CC1. The van der Waals surface area contributed by atoms with Crippen LogP contribution in [0.4, 0.5) is 0 Å². The van der Waals surface area contributed by atoms with Crippen molar-refractivity contribution in [2.75, 3.05) is 6.54 Å². The van der Waals surface area contributed by atoms with Crippen molar-refractivity contribution in [3.63, 3.8) is 0 Å². The van der Waals surface area contributed by atoms with E-state index >= 15 is 0 Å². The molecule has 6 heteroatoms. The van der Waals surface area contributed by atoms with Crippen LogP contribution in [0.3, 0.4) is 0 Å². The fraction of sp³-hybridized carbons (Fsp3) is 0.500. The number of carbonyl (C=O) groups excluding carboxylic acids is 2. The summed E-state index contributed by atoms with van der Waals surface area (Å²) in [5, 5.41) is 12.2. The number of hydrogen-bond donors (Lipinski definition) is 2. The van der Waals surface area contributed by atoms with E-state index in [1.54, 1.807) is 11.8 Å². The van der Waals surface area contributed by atoms with Gasteiger partial charge in [-0.1, -0.05) is 24.3 Å². The lowest BCUT2D eigenvalue weighted by molar-refractivity contribution is -0.128. The molecule has 1 fully saturated rings. The van der Waals surface area contributed by atoms with Gasteiger partial charge in [-0.3, -0.25) is 14.5 Å². The zero-order valence-electron chi connectivity index (χ0n) is 13.8. The minimum absolute atomic E-state index is 0.0614. The lowest BCUT2D eigenvalue weighted by Gasteiger charge is -2.35. The molecule has 0 radical (unpaired) electrons. The van der Waals surface area contributed by atoms with E-state index in [1.807, 2.05) is 24.3 Å². The molecule has 2 atom stereocenters. The second kappa shape index (κ2) is 6.25. The highest BCUT2D eigenvalue weighted by atomic mass is 16.2. The molecule has 6 nitrogen and oxygen atoms in total. The Labute approximate surface area is 141 Å². The van der Waals surface area contributed by atoms with Gasteiger partial charge in [0.15, 0.2) is 0 Å². The highest BCUT2D eigenvalue weighted by molar-refractivity contribution is 5.83. The van der Waals surface area contributed by atoms with E-state index < -0.39 is 17.5 Å². The van der Waals surface area contributed by atoms with Gasteiger partial charge in [-0.15, -0.1) is 0 Å². The molecule has 0 unspecified atom stereocenters. The molecular formula is C18H22N4O2. The Morgan fingerprint density at radius 1 is 1.38 bits per heavy atom. The molecule has 0 bridgehead atoms. The Balaban J connectivity index is 1.72. The predicted octanol–water partition coefficient (Wildman–Crippen LogP) is 0.707. The maximum absolute atomic E-state index is 12.4. The van der Waals surface area contributed by atoms with Crippen LogP contribution >= 0.6 is 0 Å². The molecule has 0 saturated heterocycles. The molecule has 2 aliphatic rings. The van der Waals surface area contributed by atoms with Gasteiger partial charge in [-0.05, 0) is 43.2 Å². The number of hydrogen-bond acceptors (Lipinski definition) is 4. The van der Waals surface area contributed by atoms with Crippen LogP contribution in [0.15, 0.2) is 24.3 Å². The van der Waals surface area contributed by atoms with Gasteiger partial charge in [0, 0.05) is 6.54 Å². The van der Waals surface area contributed by atoms with Gasteiger partial charge in [0.05, 0.1) is 18.7 Å². The molecule has 1 aliphatic carbocycles. The first kappa shape index (κ1) is 16.5. The van der Waals surface area contributed by atoms with E-state index in [0.717, 1.165) is 24.0 Å². The van der Waals surface area contributed by atoms with E-state index in [9.17, 15) is 14.9 Å². The quantitative estimate of drug-likeness (QED) is 0.832. The minimum atomic E-state index is -0.826. The van der Waals surface area contributed by atoms with Gasteiger partial charge in [-0.2, -0.15) is 5.26 Å². The fourth-order valence-electron chi connectivity index (χ4n) is 3.42. The van der Waals surface area contributed by atoms with Gasteiger partial charge in [0.2, 0.25) is 11.8 Å². The van der Waals surface area contributed by atoms with Crippen molar-refractivity contribution in [3.8, 4) is 6.07 Å². The van der Waals surface area contributed by atoms with Crippen LogP contribution < -0.4 is 11.1 Å². The van der Waals surface area contributed by atoms with Crippen LogP contribution in [-0.4, -0.2) is 34.8 Å². The summed E-state index contributed by atoms with van der Waals surface area (Å²) >= 11 is 0. The number of nitrogens with two attached hydrogens (primary N) is 1. The Hall–Kier alpha value is -2.39. The van der Waals surface area contributed by atoms with Gasteiger partial charge in [0.1, 0.15) is 5.54 Å². The third-order valence-electron chi connectivity index (χ3n) is 5.05. The summed E-state index contributed by atoms with van der Waals surface area (Å²) in [5.41, 5.74) is 6.91. The van der Waals surface area contributed by atoms with Crippen molar-refractivity contribution in [2.24, 2.45) is 11.7 Å². The monoisotopic (exact) mass is 326 g/mol. The van der Waals surface area contributed by atoms with Crippen molar-refractivity contribution in [3.05, 3.63) is 35.4 Å². The highest BCUT2D eigenvalue weighted by Gasteiger charge is 2.43. The summed E-state index contributed by atoms with van der Waals surface area (Å²) in [5.74, 6) is -0.445. The number of rotatable bonds is 5. The minimum Gasteiger partial charge on any atom is -0.368 e. The van der Waals surface area contributed by atoms with Gasteiger partial charge < -0.3 is 11.1 Å². The van der Waals surface area contributed by atoms with E-state index in [0.29, 0.717) is 13.0 Å². The smallest absolute Gasteiger partial charge is 0.235 e. The molecule has 3 rings (SSSR count). The second-order valence-electron chi connectivity index (χ2n) is 6.93. The van der Waals surface area contributed by atoms with Crippen molar-refractivity contribution >= 4 is 11.8 Å². The van der Waals surface area contributed by atoms with Crippen molar-refractivity contribution in [1.29, 1.82) is 5.26 Å². The molecular weight excluding hydrogens is 304 g/mol. The lowest BCUT2D eigenvalue weighted by Crippen LogP contribution is -2.55. The van der Waals surface area contributed by atoms with E-state index in [-0.39, 0.29) is 18.4 Å². The van der Waals surface area contributed by atoms with Crippen LogP contribution in [0, 0.1) is 17.2 Å². The van der Waals surface area contributed by atoms with Crippen LogP contribution in [0.1, 0.15) is 30.9 Å². The summed E-state index contributed by atoms with van der Waals surface area (Å²) < 4.78 is 0. The van der Waals surface area contributed by atoms with Crippen molar-refractivity contribution in [2.45, 2.75) is 44.3 Å². The van der Waals surface area contributed by atoms with Gasteiger partial charge in [0.25, 0.3) is 0 Å². The number of primary amides is 1. The normalized spacial score (nSPS) is 22.8. The van der Waals surface area contributed by atoms with E-state index in [1.165, 1.54) is 0 Å². The molecule has 1 aromatic rings. The lowest BCUT2D eigenvalue weighted by atomic mass is 9.93. The average molecular weight is 326 g/mol. The zero-order chi connectivity index (χ0) is 17.3. The molecule has 1 aromatic carbocycles. The summed E-state index contributed by atoms with van der Waals surface area (Å²) in [6, 6.07) is 9.59. The third kappa shape index (κ3) is 3.26. The van der Waals surface area contributed by atoms with Crippen LogP contribution in [-0.2, 0) is 22.6 Å². The standard InChI is InChI=1S/C18H22N4O2/c1-18(11-19,14-6-7-14)21-16(23)10-22-9-13-5-3-2-4-12(13)8-15(22)17(20)24/h2-5,14-15H,6-10H2,1H3,(H2,20,24)(H,21,23)/t15-,18-/m1/s1. The number of carbonyl (C=O) groups is 2. The summed E-state index contributed by atoms with van der Waals surface area (Å²) in [7, 11) is 0. The van der Waals surface area contributed by atoms with Crippen molar-refractivity contribution < 1.29 is 9.59 Å². The summed E-state index contributed by atoms with van der Waals surface area (Å²) in [6.07, 6.45) is 2.44. The van der Waals surface area contributed by atoms with Crippen LogP contribution in [0.2, 0.25) is 0 Å². The largest absolute Gasteiger partial charge is 0.368 e. The maximum Gasteiger partial charge on any atom is 0.235 e. The zero-order valence-corrected chi connectivity index (χ0v) is 13.8. The Morgan fingerprint density at radius 2 is 2.04 bits per heavy atom. The topological polar surface area (TPSA) is 99.2 Å². The van der Waals surface area contributed by atoms with Crippen LogP contribution in [0.5, 0.6) is 0 Å². The fourth-order valence-corrected chi connectivity index (χ4v) is 3.42. The number of amides is 2. The van der Waals surface area contributed by atoms with Crippen molar-refractivity contribution in [1.82, 2.24) is 10.2 Å². The number of nitrogens with one attached hydrogen (secondary N) is 1. The molecule has 24 heavy (non-hydrogen) atoms. The first-order chi connectivity index (χ1) is 11.4. The maximum atomic E-state index is 12.4. The summed E-state index contributed by atoms with van der Waals surface area (Å²) in [6.45, 7) is 2.33. The predicted molar refractivity (Wildman–Crippen MR) is 88.4 cm³/mol. The molecule has 0 aromatic heterocycles. The summed E-state index contributed by atoms with van der Waals surface area (Å²) in [4.78, 5) is 26.1. The number of benzene rings is 1. The number of fused-ring (bicyclic) bond motifs is 1. The van der Waals surface area contributed by atoms with E-state index in [2.05, 4.69) is 11.4 Å². The number of nitrogens with zero attached hydrogens (tertiary/aromatic N) is 2. The molecule has 2 amide bonds. The second-order valence-corrected chi connectivity index (χ2v) is 6.93. The Morgan fingerprint density at radius 3 is 2.62 bits per heavy atom. The number of nitriles is 1. The average Bonchev–Trinajstić information content (AvgIpc) is 3.39. The molecule has 0 spiro atoms. The molecule has 3 N–H and O–H groups in total. The first-order valence-electron chi connectivity index (χ1n) is 8.25. The molecule has 1 heterocycles. The van der Waals surface area contributed by atoms with Gasteiger partial charge in [-0.25, -0.2) is 0 Å². The third-order valence-corrected chi connectivity index (χ3v) is 5.05. The van der Waals surface area contributed by atoms with Gasteiger partial charge >= 0.3 is 0 Å². The molecule has 126 valence electrons. The molecule has 1 aliphatic heterocycles. The van der Waals surface area contributed by atoms with Crippen LogP contribution in [0.25, 0.3) is 0 Å². The Bertz CT molecular complexity index is 707. The Kier molecular flexibility index (Phi) is 4.29. The molecule has 1 saturated carbocycles. The highest BCUT2D eigenvalue weighted by Crippen LogP contribution is 2.39.